The average molecular weight is 461 g/mol. The molecule has 4 rings (SSSR count). The first-order chi connectivity index (χ1) is 16.0. The van der Waals surface area contributed by atoms with E-state index in [1.54, 1.807) is 48.5 Å². The van der Waals surface area contributed by atoms with Crippen LogP contribution in [0.1, 0.15) is 40.7 Å². The zero-order valence-corrected chi connectivity index (χ0v) is 18.6. The Morgan fingerprint density at radius 1 is 1.09 bits per heavy atom. The number of nitrogens with two attached hydrogens (primary N) is 1. The number of halogens is 1. The van der Waals surface area contributed by atoms with E-state index in [1.165, 1.54) is 0 Å². The summed E-state index contributed by atoms with van der Waals surface area (Å²) in [6.07, 6.45) is 0.865. The molecule has 33 heavy (non-hydrogen) atoms. The van der Waals surface area contributed by atoms with Crippen LogP contribution in [0.5, 0.6) is 17.2 Å². The molecule has 2 N–H and O–H groups in total. The molecule has 166 valence electrons. The Kier molecular flexibility index (Phi) is 6.53. The van der Waals surface area contributed by atoms with Crippen molar-refractivity contribution in [2.75, 3.05) is 6.61 Å². The third-order valence-electron chi connectivity index (χ3n) is 5.16. The lowest BCUT2D eigenvalue weighted by atomic mass is 9.83. The van der Waals surface area contributed by atoms with Gasteiger partial charge in [-0.15, -0.1) is 0 Å². The number of rotatable bonds is 6. The first-order valence-corrected chi connectivity index (χ1v) is 10.8. The number of nitrogens with zero attached hydrogens (tertiary/aromatic N) is 1. The fraction of sp³-hybridized carbons (Fsp3) is 0.154. The summed E-state index contributed by atoms with van der Waals surface area (Å²) < 4.78 is 16.8. The normalized spacial score (nSPS) is 14.6. The quantitative estimate of drug-likeness (QED) is 0.382. The van der Waals surface area contributed by atoms with Gasteiger partial charge < -0.3 is 19.9 Å². The van der Waals surface area contributed by atoms with Gasteiger partial charge in [0.05, 0.1) is 18.1 Å². The second-order valence-corrected chi connectivity index (χ2v) is 7.82. The largest absolute Gasteiger partial charge is 0.494 e. The van der Waals surface area contributed by atoms with Gasteiger partial charge in [0, 0.05) is 16.7 Å². The van der Waals surface area contributed by atoms with Gasteiger partial charge in [0.15, 0.2) is 0 Å². The van der Waals surface area contributed by atoms with Gasteiger partial charge in [-0.2, -0.15) is 5.26 Å². The number of carbonyl (C=O) groups excluding carboxylic acids is 1. The molecule has 0 spiro atoms. The number of hydrogen-bond acceptors (Lipinski definition) is 6. The van der Waals surface area contributed by atoms with Gasteiger partial charge in [0.1, 0.15) is 28.9 Å². The molecule has 1 unspecified atom stereocenters. The van der Waals surface area contributed by atoms with Gasteiger partial charge in [-0.25, -0.2) is 4.79 Å². The first-order valence-electron chi connectivity index (χ1n) is 10.4. The number of benzene rings is 3. The molecular formula is C26H21ClN2O4. The summed E-state index contributed by atoms with van der Waals surface area (Å²) in [5.41, 5.74) is 8.11. The topological polar surface area (TPSA) is 94.6 Å². The van der Waals surface area contributed by atoms with Crippen molar-refractivity contribution in [2.45, 2.75) is 19.3 Å². The number of ether oxygens (including phenoxy) is 3. The Labute approximate surface area is 196 Å². The second kappa shape index (κ2) is 9.68. The van der Waals surface area contributed by atoms with Crippen LogP contribution in [0.15, 0.2) is 78.2 Å². The maximum atomic E-state index is 12.7. The minimum Gasteiger partial charge on any atom is -0.494 e. The first kappa shape index (κ1) is 22.3. The molecule has 0 saturated heterocycles. The van der Waals surface area contributed by atoms with Crippen molar-refractivity contribution < 1.29 is 19.0 Å². The van der Waals surface area contributed by atoms with Crippen LogP contribution in [0.4, 0.5) is 0 Å². The predicted octanol–water partition coefficient (Wildman–Crippen LogP) is 5.57. The number of fused-ring (bicyclic) bond motifs is 1. The van der Waals surface area contributed by atoms with Crippen LogP contribution in [0.25, 0.3) is 0 Å². The monoisotopic (exact) mass is 460 g/mol. The summed E-state index contributed by atoms with van der Waals surface area (Å²) in [6.45, 7) is 2.57. The Hall–Kier alpha value is -3.95. The Bertz CT molecular complexity index is 1280. The van der Waals surface area contributed by atoms with Gasteiger partial charge >= 0.3 is 5.97 Å². The Morgan fingerprint density at radius 3 is 2.67 bits per heavy atom. The van der Waals surface area contributed by atoms with E-state index in [2.05, 4.69) is 6.07 Å². The molecule has 6 nitrogen and oxygen atoms in total. The van der Waals surface area contributed by atoms with E-state index < -0.39 is 11.9 Å². The van der Waals surface area contributed by atoms with Crippen molar-refractivity contribution in [1.29, 1.82) is 5.26 Å². The summed E-state index contributed by atoms with van der Waals surface area (Å²) in [4.78, 5) is 12.7. The van der Waals surface area contributed by atoms with Crippen LogP contribution < -0.4 is 19.9 Å². The summed E-state index contributed by atoms with van der Waals surface area (Å²) in [7, 11) is 0. The van der Waals surface area contributed by atoms with E-state index in [4.69, 9.17) is 31.5 Å². The van der Waals surface area contributed by atoms with E-state index in [0.717, 1.165) is 12.0 Å². The standard InChI is InChI=1S/C26H21ClN2O4/c1-2-12-31-17-7-5-6-16(13-17)26(30)32-18-10-11-20-23(14-18)33-25(29)21(15-28)24(20)19-8-3-4-9-22(19)27/h3-11,13-14,24H,2,12,29H2,1H3. The molecule has 3 aromatic carbocycles. The van der Waals surface area contributed by atoms with Crippen LogP contribution in [-0.4, -0.2) is 12.6 Å². The molecule has 0 bridgehead atoms. The molecular weight excluding hydrogens is 440 g/mol. The number of allylic oxidation sites excluding steroid dienone is 1. The molecule has 1 atom stereocenters. The van der Waals surface area contributed by atoms with Gasteiger partial charge in [-0.1, -0.05) is 48.9 Å². The number of carbonyl (C=O) groups is 1. The van der Waals surface area contributed by atoms with Crippen LogP contribution >= 0.6 is 11.6 Å². The number of hydrogen-bond donors (Lipinski definition) is 1. The molecule has 1 heterocycles. The minimum absolute atomic E-state index is 0.0147. The van der Waals surface area contributed by atoms with Gasteiger partial charge in [0.2, 0.25) is 5.88 Å². The molecule has 1 aliphatic heterocycles. The lowest BCUT2D eigenvalue weighted by Gasteiger charge is -2.27. The molecule has 7 heteroatoms. The lowest BCUT2D eigenvalue weighted by Crippen LogP contribution is -2.21. The van der Waals surface area contributed by atoms with Crippen molar-refractivity contribution in [3.8, 4) is 23.3 Å². The van der Waals surface area contributed by atoms with E-state index >= 15 is 0 Å². The van der Waals surface area contributed by atoms with Crippen LogP contribution in [-0.2, 0) is 0 Å². The van der Waals surface area contributed by atoms with Gasteiger partial charge in [-0.3, -0.25) is 0 Å². The van der Waals surface area contributed by atoms with Crippen molar-refractivity contribution in [3.63, 3.8) is 0 Å². The van der Waals surface area contributed by atoms with Crippen molar-refractivity contribution in [1.82, 2.24) is 0 Å². The Balaban J connectivity index is 1.63. The number of nitriles is 1. The van der Waals surface area contributed by atoms with E-state index in [-0.39, 0.29) is 17.2 Å². The van der Waals surface area contributed by atoms with Gasteiger partial charge in [-0.05, 0) is 42.3 Å². The summed E-state index contributed by atoms with van der Waals surface area (Å²) in [6, 6.07) is 21.2. The zero-order valence-electron chi connectivity index (χ0n) is 17.9. The molecule has 1 aliphatic rings. The molecule has 3 aromatic rings. The van der Waals surface area contributed by atoms with E-state index in [9.17, 15) is 10.1 Å². The van der Waals surface area contributed by atoms with Crippen LogP contribution in [0.3, 0.4) is 0 Å². The van der Waals surface area contributed by atoms with Crippen molar-refractivity contribution >= 4 is 17.6 Å². The van der Waals surface area contributed by atoms with Crippen LogP contribution in [0.2, 0.25) is 5.02 Å². The van der Waals surface area contributed by atoms with Gasteiger partial charge in [0.25, 0.3) is 0 Å². The highest BCUT2D eigenvalue weighted by Gasteiger charge is 2.32. The molecule has 0 aromatic heterocycles. The summed E-state index contributed by atoms with van der Waals surface area (Å²) in [5, 5.41) is 10.2. The van der Waals surface area contributed by atoms with E-state index in [1.807, 2.05) is 25.1 Å². The lowest BCUT2D eigenvalue weighted by molar-refractivity contribution is 0.0734. The van der Waals surface area contributed by atoms with Crippen molar-refractivity contribution in [2.24, 2.45) is 5.73 Å². The molecule has 0 fully saturated rings. The fourth-order valence-corrected chi connectivity index (χ4v) is 3.87. The molecule has 0 aliphatic carbocycles. The highest BCUT2D eigenvalue weighted by atomic mass is 35.5. The molecule has 0 saturated carbocycles. The minimum atomic E-state index is -0.531. The van der Waals surface area contributed by atoms with Crippen LogP contribution in [0, 0.1) is 11.3 Å². The summed E-state index contributed by atoms with van der Waals surface area (Å²) >= 11 is 6.41. The average Bonchev–Trinajstić information content (AvgIpc) is 2.82. The molecule has 0 radical (unpaired) electrons. The summed E-state index contributed by atoms with van der Waals surface area (Å²) in [5.74, 6) is 0.233. The third kappa shape index (κ3) is 4.64. The maximum absolute atomic E-state index is 12.7. The zero-order chi connectivity index (χ0) is 23.4. The second-order valence-electron chi connectivity index (χ2n) is 7.41. The Morgan fingerprint density at radius 2 is 1.91 bits per heavy atom. The SMILES string of the molecule is CCCOc1cccc(C(=O)Oc2ccc3c(c2)OC(N)=C(C#N)C3c2ccccc2Cl)c1. The number of esters is 1. The third-order valence-corrected chi connectivity index (χ3v) is 5.50. The highest BCUT2D eigenvalue weighted by Crippen LogP contribution is 2.45. The maximum Gasteiger partial charge on any atom is 0.343 e. The molecule has 0 amide bonds. The predicted molar refractivity (Wildman–Crippen MR) is 124 cm³/mol. The smallest absolute Gasteiger partial charge is 0.343 e. The van der Waals surface area contributed by atoms with Crippen molar-refractivity contribution in [3.05, 3.63) is 99.9 Å². The fourth-order valence-electron chi connectivity index (χ4n) is 3.63. The highest BCUT2D eigenvalue weighted by molar-refractivity contribution is 6.31. The van der Waals surface area contributed by atoms with E-state index in [0.29, 0.717) is 34.3 Å².